The van der Waals surface area contributed by atoms with Crippen LogP contribution in [0, 0.1) is 0 Å². The molecule has 0 atom stereocenters. The Morgan fingerprint density at radius 1 is 0.889 bits per heavy atom. The fourth-order valence-electron chi connectivity index (χ4n) is 0.289. The van der Waals surface area contributed by atoms with Crippen molar-refractivity contribution in [2.75, 3.05) is 21.3 Å². The summed E-state index contributed by atoms with van der Waals surface area (Å²) in [6, 6.07) is 0. The van der Waals surface area contributed by atoms with Crippen LogP contribution in [0.15, 0.2) is 0 Å². The fraction of sp³-hybridized carbons (Fsp3) is 1.00. The second-order valence-corrected chi connectivity index (χ2v) is 0.996. The first-order valence-corrected chi connectivity index (χ1v) is 1.93. The maximum Gasteiger partial charge on any atom is 1.00 e. The Kier molecular flexibility index (Phi) is 20.7. The second kappa shape index (κ2) is 11.4. The van der Waals surface area contributed by atoms with Crippen LogP contribution in [-0.2, 0) is 14.0 Å². The van der Waals surface area contributed by atoms with Crippen molar-refractivity contribution in [3.05, 3.63) is 0 Å². The Hall–Kier alpha value is 0.607. The van der Waals surface area contributed by atoms with E-state index in [9.17, 15) is 0 Å². The Labute approximate surface area is 70.4 Å². The molecule has 0 rings (SSSR count). The van der Waals surface area contributed by atoms with E-state index >= 15 is 0 Å². The van der Waals surface area contributed by atoms with E-state index in [-0.39, 0.29) is 27.3 Å². The van der Waals surface area contributed by atoms with E-state index in [1.54, 1.807) is 0 Å². The number of rotatable bonds is 3. The van der Waals surface area contributed by atoms with Gasteiger partial charge in [-0.2, -0.15) is 0 Å². The molecule has 0 unspecified atom stereocenters. The summed E-state index contributed by atoms with van der Waals surface area (Å²) >= 11 is 0. The van der Waals surface area contributed by atoms with Crippen LogP contribution in [0.2, 0.25) is 0 Å². The van der Waals surface area contributed by atoms with Gasteiger partial charge in [-0.05, 0) is 0 Å². The fourth-order valence-corrected chi connectivity index (χ4v) is 0.289. The van der Waals surface area contributed by atoms with Gasteiger partial charge in [-0.25, -0.2) is 0 Å². The van der Waals surface area contributed by atoms with Gasteiger partial charge in [-0.3, -0.25) is 0 Å². The molecule has 0 saturated heterocycles. The molecule has 0 aliphatic rings. The normalized spacial score (nSPS) is 7.00. The Morgan fingerprint density at radius 3 is 1.11 bits per heavy atom. The van der Waals surface area contributed by atoms with E-state index in [0.29, 0.717) is 0 Å². The summed E-state index contributed by atoms with van der Waals surface area (Å²) in [7, 11) is 4.02. The molecule has 0 saturated carbocycles. The van der Waals surface area contributed by atoms with E-state index in [4.69, 9.17) is 0 Å². The molecule has 50 valence electrons. The molecule has 3 nitrogen and oxygen atoms in total. The Morgan fingerprint density at radius 2 is 1.11 bits per heavy atom. The minimum Gasteiger partial charge on any atom is -0.389 e. The zero-order valence-electron chi connectivity index (χ0n) is 5.80. The number of hydrogen-bond acceptors (Lipinski definition) is 3. The first kappa shape index (κ1) is 16.3. The summed E-state index contributed by atoms with van der Waals surface area (Å²) < 4.78 is 13.8. The van der Waals surface area contributed by atoms with Crippen molar-refractivity contribution < 1.29 is 32.8 Å². The summed E-state index contributed by atoms with van der Waals surface area (Å²) in [5.41, 5.74) is 0. The van der Waals surface area contributed by atoms with Crippen molar-refractivity contribution in [1.82, 2.24) is 0 Å². The maximum absolute atomic E-state index is 4.60. The minimum absolute atomic E-state index is 0. The smallest absolute Gasteiger partial charge is 0.389 e. The predicted octanol–water partition coefficient (Wildman–Crippen LogP) is -4.54. The molecule has 0 aromatic heterocycles. The van der Waals surface area contributed by atoms with Gasteiger partial charge in [0.15, 0.2) is 0 Å². The average Bonchev–Trinajstić information content (AvgIpc) is 1.72. The topological polar surface area (TPSA) is 27.7 Å². The van der Waals surface area contributed by atoms with Gasteiger partial charge < -0.3 is 14.0 Å². The van der Waals surface area contributed by atoms with Crippen LogP contribution in [0.1, 0.15) is 0 Å². The van der Waals surface area contributed by atoms with Gasteiger partial charge in [0.25, 0.3) is 0 Å². The average molecular weight is 126 g/mol. The quantitative estimate of drug-likeness (QED) is 0.356. The van der Waals surface area contributed by atoms with E-state index in [0.717, 1.165) is 0 Å². The van der Waals surface area contributed by atoms with Crippen molar-refractivity contribution >= 4 is 15.7 Å². The van der Waals surface area contributed by atoms with E-state index < -0.39 is 7.32 Å². The van der Waals surface area contributed by atoms with E-state index in [1.807, 2.05) is 0 Å². The molecular formula is C3H13B2LiO3. The molecule has 0 aromatic carbocycles. The third-order valence-corrected chi connectivity index (χ3v) is 0.577. The van der Waals surface area contributed by atoms with Gasteiger partial charge >= 0.3 is 26.2 Å². The second-order valence-electron chi connectivity index (χ2n) is 0.996. The third kappa shape index (κ3) is 8.61. The zero-order chi connectivity index (χ0) is 5.70. The largest absolute Gasteiger partial charge is 1.00 e. The molecule has 0 spiro atoms. The van der Waals surface area contributed by atoms with Crippen LogP contribution in [0.25, 0.3) is 0 Å². The van der Waals surface area contributed by atoms with Gasteiger partial charge in [0.2, 0.25) is 0 Å². The molecule has 0 N–H and O–H groups in total. The summed E-state index contributed by atoms with van der Waals surface area (Å²) in [6.07, 6.45) is 0. The molecule has 0 aromatic rings. The van der Waals surface area contributed by atoms with Crippen LogP contribution in [0.4, 0.5) is 0 Å². The zero-order valence-corrected chi connectivity index (χ0v) is 5.80. The van der Waals surface area contributed by atoms with Crippen LogP contribution in [-0.4, -0.2) is 37.1 Å². The van der Waals surface area contributed by atoms with E-state index in [2.05, 4.69) is 14.0 Å². The first-order chi connectivity index (χ1) is 3.35. The van der Waals surface area contributed by atoms with Crippen molar-refractivity contribution in [2.24, 2.45) is 0 Å². The molecule has 0 bridgehead atoms. The first-order valence-electron chi connectivity index (χ1n) is 1.93. The molecule has 0 aliphatic carbocycles. The minimum atomic E-state index is -0.514. The summed E-state index contributed by atoms with van der Waals surface area (Å²) in [4.78, 5) is 0. The van der Waals surface area contributed by atoms with Crippen LogP contribution in [0.5, 0.6) is 0 Å². The summed E-state index contributed by atoms with van der Waals surface area (Å²) in [5, 5.41) is 0. The maximum atomic E-state index is 4.60. The summed E-state index contributed by atoms with van der Waals surface area (Å²) in [5.74, 6) is 0. The van der Waals surface area contributed by atoms with Gasteiger partial charge in [-0.1, -0.05) is 8.41 Å². The number of hydrogen-bond donors (Lipinski definition) is 0. The molecule has 0 aliphatic heterocycles. The van der Waals surface area contributed by atoms with Crippen molar-refractivity contribution in [1.29, 1.82) is 0 Å². The van der Waals surface area contributed by atoms with Gasteiger partial charge in [0, 0.05) is 21.3 Å². The van der Waals surface area contributed by atoms with Gasteiger partial charge in [0.1, 0.15) is 0 Å². The van der Waals surface area contributed by atoms with Crippen LogP contribution >= 0.6 is 0 Å². The van der Waals surface area contributed by atoms with Gasteiger partial charge in [0.05, 0.1) is 0 Å². The van der Waals surface area contributed by atoms with Gasteiger partial charge in [-0.15, -0.1) is 0 Å². The monoisotopic (exact) mass is 126 g/mol. The molecule has 0 heterocycles. The van der Waals surface area contributed by atoms with Crippen molar-refractivity contribution in [3.8, 4) is 0 Å². The predicted molar refractivity (Wildman–Crippen MR) is 38.1 cm³/mol. The molecular weight excluding hydrogens is 113 g/mol. The van der Waals surface area contributed by atoms with Crippen LogP contribution in [0.3, 0.4) is 0 Å². The SMILES string of the molecule is COB(OC)OC.[BH4-].[Li+]. The Balaban J connectivity index is -0.000000180. The molecule has 6 heteroatoms. The van der Waals surface area contributed by atoms with E-state index in [1.165, 1.54) is 21.3 Å². The molecule has 9 heavy (non-hydrogen) atoms. The summed E-state index contributed by atoms with van der Waals surface area (Å²) in [6.45, 7) is 0. The Bertz CT molecular complexity index is 38.5. The standard InChI is InChI=1S/C3H9BO3.BH4.Li/c1-5-4(6-2)7-3;;/h1-3H3;1H4;/q;-1;+1. The van der Waals surface area contributed by atoms with Crippen molar-refractivity contribution in [2.45, 2.75) is 0 Å². The molecule has 0 fully saturated rings. The molecule has 0 radical (unpaired) electrons. The molecule has 0 amide bonds. The third-order valence-electron chi connectivity index (χ3n) is 0.577. The van der Waals surface area contributed by atoms with Crippen LogP contribution < -0.4 is 18.9 Å². The van der Waals surface area contributed by atoms with Crippen molar-refractivity contribution in [3.63, 3.8) is 0 Å².